The molecule has 0 saturated heterocycles. The molecule has 0 saturated carbocycles. The van der Waals surface area contributed by atoms with E-state index in [0.29, 0.717) is 12.4 Å². The summed E-state index contributed by atoms with van der Waals surface area (Å²) in [7, 11) is 0. The van der Waals surface area contributed by atoms with Crippen LogP contribution in [0.5, 0.6) is 5.75 Å². The maximum Gasteiger partial charge on any atom is 0.340 e. The van der Waals surface area contributed by atoms with Gasteiger partial charge in [-0.2, -0.15) is 0 Å². The van der Waals surface area contributed by atoms with Crippen LogP contribution in [0.2, 0.25) is 0 Å². The van der Waals surface area contributed by atoms with Crippen LogP contribution < -0.4 is 4.74 Å². The molecule has 0 bridgehead atoms. The van der Waals surface area contributed by atoms with Crippen molar-refractivity contribution in [2.75, 3.05) is 12.9 Å². The number of carboxylic acid groups (broad SMARTS) is 1. The molecule has 0 heterocycles. The van der Waals surface area contributed by atoms with Gasteiger partial charge in [0.1, 0.15) is 11.3 Å². The van der Waals surface area contributed by atoms with E-state index in [1.54, 1.807) is 12.1 Å². The lowest BCUT2D eigenvalue weighted by molar-refractivity contribution is 0.0688. The van der Waals surface area contributed by atoms with E-state index in [9.17, 15) is 4.79 Å². The summed E-state index contributed by atoms with van der Waals surface area (Å²) < 4.78 is 5.49. The smallest absolute Gasteiger partial charge is 0.340 e. The zero-order valence-electron chi connectivity index (χ0n) is 9.53. The van der Waals surface area contributed by atoms with Crippen LogP contribution in [-0.4, -0.2) is 23.9 Å². The molecule has 16 heavy (non-hydrogen) atoms. The quantitative estimate of drug-likeness (QED) is 0.612. The highest BCUT2D eigenvalue weighted by Crippen LogP contribution is 2.28. The van der Waals surface area contributed by atoms with E-state index in [0.717, 1.165) is 17.7 Å². The number of hydrogen-bond donors (Lipinski definition) is 1. The molecule has 3 nitrogen and oxygen atoms in total. The maximum absolute atomic E-state index is 11.1. The lowest BCUT2D eigenvalue weighted by atomic mass is 10.2. The zero-order chi connectivity index (χ0) is 12.0. The van der Waals surface area contributed by atoms with Crippen LogP contribution in [0.4, 0.5) is 0 Å². The number of carbonyl (C=O) groups is 1. The molecule has 88 valence electrons. The molecule has 0 spiro atoms. The third-order valence-corrected chi connectivity index (χ3v) is 2.96. The maximum atomic E-state index is 11.1. The molecule has 0 aliphatic heterocycles. The van der Waals surface area contributed by atoms with Crippen molar-refractivity contribution in [3.63, 3.8) is 0 Å². The Morgan fingerprint density at radius 2 is 2.25 bits per heavy atom. The number of rotatable bonds is 6. The fourth-order valence-corrected chi connectivity index (χ4v) is 1.95. The Morgan fingerprint density at radius 3 is 2.81 bits per heavy atom. The zero-order valence-corrected chi connectivity index (χ0v) is 10.3. The van der Waals surface area contributed by atoms with Crippen molar-refractivity contribution in [1.82, 2.24) is 0 Å². The van der Waals surface area contributed by atoms with Gasteiger partial charge in [0.05, 0.1) is 6.61 Å². The van der Waals surface area contributed by atoms with Crippen molar-refractivity contribution < 1.29 is 14.6 Å². The van der Waals surface area contributed by atoms with E-state index in [2.05, 4.69) is 6.92 Å². The molecule has 0 fully saturated rings. The van der Waals surface area contributed by atoms with E-state index in [1.807, 2.05) is 12.3 Å². The number of unbranched alkanes of at least 4 members (excludes halogenated alkanes) is 1. The predicted molar refractivity (Wildman–Crippen MR) is 65.6 cm³/mol. The second kappa shape index (κ2) is 6.43. The van der Waals surface area contributed by atoms with Crippen molar-refractivity contribution in [3.05, 3.63) is 23.8 Å². The third-order valence-electron chi connectivity index (χ3n) is 2.18. The second-order valence-electron chi connectivity index (χ2n) is 3.34. The number of hydrogen-bond acceptors (Lipinski definition) is 3. The van der Waals surface area contributed by atoms with Gasteiger partial charge >= 0.3 is 5.97 Å². The highest BCUT2D eigenvalue weighted by Gasteiger charge is 2.15. The summed E-state index contributed by atoms with van der Waals surface area (Å²) in [5.74, 6) is -0.468. The molecular formula is C12H16O3S. The average Bonchev–Trinajstić information content (AvgIpc) is 2.28. The fraction of sp³-hybridized carbons (Fsp3) is 0.417. The summed E-state index contributed by atoms with van der Waals surface area (Å²) >= 11 is 1.42. The number of benzene rings is 1. The molecule has 1 aromatic carbocycles. The molecular weight excluding hydrogens is 224 g/mol. The molecule has 0 radical (unpaired) electrons. The van der Waals surface area contributed by atoms with Crippen molar-refractivity contribution in [2.24, 2.45) is 0 Å². The first kappa shape index (κ1) is 12.9. The second-order valence-corrected chi connectivity index (χ2v) is 4.19. The molecule has 0 unspecified atom stereocenters. The van der Waals surface area contributed by atoms with Crippen LogP contribution in [0.25, 0.3) is 0 Å². The van der Waals surface area contributed by atoms with E-state index in [4.69, 9.17) is 9.84 Å². The van der Waals surface area contributed by atoms with Gasteiger partial charge in [-0.15, -0.1) is 11.8 Å². The first-order chi connectivity index (χ1) is 7.70. The van der Waals surface area contributed by atoms with E-state index >= 15 is 0 Å². The van der Waals surface area contributed by atoms with Gasteiger partial charge in [-0.25, -0.2) is 4.79 Å². The van der Waals surface area contributed by atoms with Crippen molar-refractivity contribution in [1.29, 1.82) is 0 Å². The summed E-state index contributed by atoms with van der Waals surface area (Å²) in [6.45, 7) is 2.63. The Hall–Kier alpha value is -1.16. The van der Waals surface area contributed by atoms with Crippen molar-refractivity contribution in [3.8, 4) is 5.75 Å². The molecule has 1 N–H and O–H groups in total. The Labute approximate surface area is 99.8 Å². The topological polar surface area (TPSA) is 46.5 Å². The summed E-state index contributed by atoms with van der Waals surface area (Å²) in [5.41, 5.74) is 0.270. The highest BCUT2D eigenvalue weighted by atomic mass is 32.2. The van der Waals surface area contributed by atoms with Gasteiger partial charge in [-0.1, -0.05) is 19.4 Å². The van der Waals surface area contributed by atoms with Crippen LogP contribution in [-0.2, 0) is 0 Å². The molecule has 1 aromatic rings. The minimum atomic E-state index is -0.934. The Bertz CT molecular complexity index is 363. The highest BCUT2D eigenvalue weighted by molar-refractivity contribution is 7.98. The number of aromatic carboxylic acids is 1. The van der Waals surface area contributed by atoms with Crippen LogP contribution in [0, 0.1) is 0 Å². The molecule has 0 aliphatic rings. The van der Waals surface area contributed by atoms with Gasteiger partial charge in [0.25, 0.3) is 0 Å². The van der Waals surface area contributed by atoms with E-state index < -0.39 is 5.97 Å². The largest absolute Gasteiger partial charge is 0.493 e. The SMILES string of the molecule is CCCCOc1cccc(SC)c1C(=O)O. The molecule has 0 atom stereocenters. The van der Waals surface area contributed by atoms with E-state index in [-0.39, 0.29) is 5.56 Å². The number of thioether (sulfide) groups is 1. The van der Waals surface area contributed by atoms with Gasteiger partial charge in [-0.3, -0.25) is 0 Å². The number of carboxylic acids is 1. The predicted octanol–water partition coefficient (Wildman–Crippen LogP) is 3.29. The summed E-state index contributed by atoms with van der Waals surface area (Å²) in [5, 5.41) is 9.14. The first-order valence-electron chi connectivity index (χ1n) is 5.23. The third kappa shape index (κ3) is 3.17. The summed E-state index contributed by atoms with van der Waals surface area (Å²) in [4.78, 5) is 11.9. The van der Waals surface area contributed by atoms with Crippen LogP contribution in [0.3, 0.4) is 0 Å². The molecule has 0 aliphatic carbocycles. The lowest BCUT2D eigenvalue weighted by Gasteiger charge is -2.11. The van der Waals surface area contributed by atoms with Gasteiger partial charge in [0.15, 0.2) is 0 Å². The van der Waals surface area contributed by atoms with Crippen molar-refractivity contribution >= 4 is 17.7 Å². The normalized spacial score (nSPS) is 10.1. The minimum Gasteiger partial charge on any atom is -0.493 e. The molecule has 0 aromatic heterocycles. The molecule has 0 amide bonds. The average molecular weight is 240 g/mol. The van der Waals surface area contributed by atoms with Gasteiger partial charge in [0, 0.05) is 4.90 Å². The number of ether oxygens (including phenoxy) is 1. The summed E-state index contributed by atoms with van der Waals surface area (Å²) in [6, 6.07) is 5.32. The monoisotopic (exact) mass is 240 g/mol. The van der Waals surface area contributed by atoms with E-state index in [1.165, 1.54) is 11.8 Å². The van der Waals surface area contributed by atoms with Crippen LogP contribution >= 0.6 is 11.8 Å². The van der Waals surface area contributed by atoms with Crippen LogP contribution in [0.15, 0.2) is 23.1 Å². The lowest BCUT2D eigenvalue weighted by Crippen LogP contribution is -2.05. The fourth-order valence-electron chi connectivity index (χ4n) is 1.34. The Morgan fingerprint density at radius 1 is 1.50 bits per heavy atom. The minimum absolute atomic E-state index is 0.270. The Balaban J connectivity index is 2.93. The van der Waals surface area contributed by atoms with Gasteiger partial charge < -0.3 is 9.84 Å². The standard InChI is InChI=1S/C12H16O3S/c1-3-4-8-15-9-6-5-7-10(16-2)11(9)12(13)14/h5-7H,3-4,8H2,1-2H3,(H,13,14). The van der Waals surface area contributed by atoms with Gasteiger partial charge in [0.2, 0.25) is 0 Å². The van der Waals surface area contributed by atoms with Crippen molar-refractivity contribution in [2.45, 2.75) is 24.7 Å². The Kier molecular flexibility index (Phi) is 5.19. The van der Waals surface area contributed by atoms with Gasteiger partial charge in [-0.05, 0) is 24.8 Å². The molecule has 4 heteroatoms. The van der Waals surface area contributed by atoms with Crippen LogP contribution in [0.1, 0.15) is 30.1 Å². The first-order valence-corrected chi connectivity index (χ1v) is 6.46. The summed E-state index contributed by atoms with van der Waals surface area (Å²) in [6.07, 6.45) is 3.82. The molecule has 1 rings (SSSR count).